The summed E-state index contributed by atoms with van der Waals surface area (Å²) >= 11 is 4.11. The van der Waals surface area contributed by atoms with Crippen LogP contribution in [0.25, 0.3) is 0 Å². The van der Waals surface area contributed by atoms with Crippen molar-refractivity contribution < 1.29 is 4.79 Å². The van der Waals surface area contributed by atoms with Crippen LogP contribution < -0.4 is 0 Å². The number of thiol groups is 1. The summed E-state index contributed by atoms with van der Waals surface area (Å²) in [5.74, 6) is 0.787. The molecule has 1 rings (SSSR count). The highest BCUT2D eigenvalue weighted by molar-refractivity contribution is 7.79. The van der Waals surface area contributed by atoms with Gasteiger partial charge in [0.1, 0.15) is 0 Å². The van der Waals surface area contributed by atoms with Gasteiger partial charge in [-0.15, -0.1) is 0 Å². The highest BCUT2D eigenvalue weighted by Crippen LogP contribution is 2.07. The van der Waals surface area contributed by atoms with Gasteiger partial charge in [0.15, 0.2) is 5.78 Å². The fraction of sp³-hybridized carbons (Fsp3) is 0.222. The molecule has 0 aliphatic rings. The molecule has 1 aromatic rings. The van der Waals surface area contributed by atoms with E-state index in [2.05, 4.69) is 12.6 Å². The molecule has 0 radical (unpaired) electrons. The summed E-state index contributed by atoms with van der Waals surface area (Å²) in [5, 5.41) is 0. The predicted octanol–water partition coefficient (Wildman–Crippen LogP) is 2.32. The fourth-order valence-electron chi connectivity index (χ4n) is 0.889. The molecule has 11 heavy (non-hydrogen) atoms. The third kappa shape index (κ3) is 2.09. The molecule has 0 spiro atoms. The second kappa shape index (κ2) is 3.58. The topological polar surface area (TPSA) is 17.1 Å². The van der Waals surface area contributed by atoms with Crippen LogP contribution in [-0.2, 0) is 5.75 Å². The Labute approximate surface area is 71.8 Å². The summed E-state index contributed by atoms with van der Waals surface area (Å²) in [6.07, 6.45) is 0. The van der Waals surface area contributed by atoms with Gasteiger partial charge in [-0.2, -0.15) is 12.6 Å². The Kier molecular flexibility index (Phi) is 2.71. The first-order valence-electron chi connectivity index (χ1n) is 3.45. The Hall–Kier alpha value is -0.760. The summed E-state index contributed by atoms with van der Waals surface area (Å²) in [6.45, 7) is 1.57. The molecule has 0 atom stereocenters. The molecular formula is C9H10OS. The zero-order valence-electron chi connectivity index (χ0n) is 6.37. The van der Waals surface area contributed by atoms with Crippen LogP contribution in [-0.4, -0.2) is 5.78 Å². The monoisotopic (exact) mass is 166 g/mol. The smallest absolute Gasteiger partial charge is 0.159 e. The number of ketones is 1. The van der Waals surface area contributed by atoms with Gasteiger partial charge in [-0.1, -0.05) is 18.2 Å². The van der Waals surface area contributed by atoms with Gasteiger partial charge in [-0.3, -0.25) is 4.79 Å². The van der Waals surface area contributed by atoms with Crippen molar-refractivity contribution in [3.8, 4) is 0 Å². The van der Waals surface area contributed by atoms with E-state index in [-0.39, 0.29) is 5.78 Å². The largest absolute Gasteiger partial charge is 0.295 e. The predicted molar refractivity (Wildman–Crippen MR) is 49.1 cm³/mol. The normalized spacial score (nSPS) is 9.64. The van der Waals surface area contributed by atoms with Gasteiger partial charge in [0.25, 0.3) is 0 Å². The average molecular weight is 166 g/mol. The lowest BCUT2D eigenvalue weighted by Gasteiger charge is -1.97. The van der Waals surface area contributed by atoms with Crippen molar-refractivity contribution >= 4 is 18.4 Å². The Bertz CT molecular complexity index is 268. The maximum atomic E-state index is 10.9. The highest BCUT2D eigenvalue weighted by Gasteiger charge is 1.97. The van der Waals surface area contributed by atoms with Gasteiger partial charge >= 0.3 is 0 Å². The number of rotatable bonds is 2. The van der Waals surface area contributed by atoms with Gasteiger partial charge in [0.2, 0.25) is 0 Å². The molecule has 0 saturated heterocycles. The summed E-state index contributed by atoms with van der Waals surface area (Å²) in [6, 6.07) is 7.52. The van der Waals surface area contributed by atoms with Gasteiger partial charge in [0, 0.05) is 11.3 Å². The highest BCUT2D eigenvalue weighted by atomic mass is 32.1. The van der Waals surface area contributed by atoms with E-state index in [0.717, 1.165) is 11.1 Å². The lowest BCUT2D eigenvalue weighted by molar-refractivity contribution is 0.101. The maximum Gasteiger partial charge on any atom is 0.159 e. The van der Waals surface area contributed by atoms with Crippen molar-refractivity contribution in [2.45, 2.75) is 12.7 Å². The Balaban J connectivity index is 3.01. The first-order chi connectivity index (χ1) is 5.24. The molecule has 0 aliphatic heterocycles. The van der Waals surface area contributed by atoms with E-state index < -0.39 is 0 Å². The molecule has 0 aromatic heterocycles. The molecule has 0 amide bonds. The molecule has 0 N–H and O–H groups in total. The van der Waals surface area contributed by atoms with E-state index in [1.807, 2.05) is 24.3 Å². The van der Waals surface area contributed by atoms with Crippen molar-refractivity contribution in [3.05, 3.63) is 35.4 Å². The average Bonchev–Trinajstić information content (AvgIpc) is 2.05. The number of hydrogen-bond acceptors (Lipinski definition) is 2. The number of carbonyl (C=O) groups is 1. The SMILES string of the molecule is CC(=O)c1cccc(CS)c1. The van der Waals surface area contributed by atoms with E-state index in [1.54, 1.807) is 6.92 Å². The van der Waals surface area contributed by atoms with Crippen molar-refractivity contribution in [2.24, 2.45) is 0 Å². The second-order valence-electron chi connectivity index (χ2n) is 2.41. The van der Waals surface area contributed by atoms with E-state index >= 15 is 0 Å². The van der Waals surface area contributed by atoms with Crippen LogP contribution in [0.5, 0.6) is 0 Å². The van der Waals surface area contributed by atoms with Crippen LogP contribution in [0.15, 0.2) is 24.3 Å². The third-order valence-electron chi connectivity index (χ3n) is 1.52. The molecule has 0 unspecified atom stereocenters. The third-order valence-corrected chi connectivity index (χ3v) is 1.88. The first-order valence-corrected chi connectivity index (χ1v) is 4.08. The summed E-state index contributed by atoms with van der Waals surface area (Å²) in [5.41, 5.74) is 1.84. The van der Waals surface area contributed by atoms with E-state index in [9.17, 15) is 4.79 Å². The number of Topliss-reactive ketones (excluding diaryl/α,β-unsaturated/α-hetero) is 1. The van der Waals surface area contributed by atoms with Crippen LogP contribution in [0.3, 0.4) is 0 Å². The van der Waals surface area contributed by atoms with Gasteiger partial charge in [0.05, 0.1) is 0 Å². The summed E-state index contributed by atoms with van der Waals surface area (Å²) < 4.78 is 0. The lowest BCUT2D eigenvalue weighted by atomic mass is 10.1. The Morgan fingerprint density at radius 3 is 2.82 bits per heavy atom. The molecule has 0 aliphatic carbocycles. The zero-order valence-corrected chi connectivity index (χ0v) is 7.27. The summed E-state index contributed by atoms with van der Waals surface area (Å²) in [4.78, 5) is 10.9. The molecule has 0 heterocycles. The number of carbonyl (C=O) groups excluding carboxylic acids is 1. The van der Waals surface area contributed by atoms with Crippen molar-refractivity contribution in [2.75, 3.05) is 0 Å². The molecule has 0 saturated carbocycles. The molecule has 1 aromatic carbocycles. The van der Waals surface area contributed by atoms with Crippen LogP contribution in [0.2, 0.25) is 0 Å². The Morgan fingerprint density at radius 1 is 1.55 bits per heavy atom. The minimum Gasteiger partial charge on any atom is -0.295 e. The van der Waals surface area contributed by atoms with Crippen molar-refractivity contribution in [1.29, 1.82) is 0 Å². The summed E-state index contributed by atoms with van der Waals surface area (Å²) in [7, 11) is 0. The van der Waals surface area contributed by atoms with Crippen LogP contribution in [0.1, 0.15) is 22.8 Å². The molecule has 1 nitrogen and oxygen atoms in total. The molecular weight excluding hydrogens is 156 g/mol. The van der Waals surface area contributed by atoms with Gasteiger partial charge in [-0.05, 0) is 18.6 Å². The zero-order chi connectivity index (χ0) is 8.27. The molecule has 58 valence electrons. The lowest BCUT2D eigenvalue weighted by Crippen LogP contribution is -1.92. The first kappa shape index (κ1) is 8.34. The van der Waals surface area contributed by atoms with Crippen LogP contribution in [0, 0.1) is 0 Å². The maximum absolute atomic E-state index is 10.9. The van der Waals surface area contributed by atoms with E-state index in [4.69, 9.17) is 0 Å². The van der Waals surface area contributed by atoms with Gasteiger partial charge in [-0.25, -0.2) is 0 Å². The van der Waals surface area contributed by atoms with Crippen LogP contribution in [0.4, 0.5) is 0 Å². The van der Waals surface area contributed by atoms with Crippen LogP contribution >= 0.6 is 12.6 Å². The van der Waals surface area contributed by atoms with Gasteiger partial charge < -0.3 is 0 Å². The quantitative estimate of drug-likeness (QED) is 0.527. The second-order valence-corrected chi connectivity index (χ2v) is 2.73. The molecule has 2 heteroatoms. The van der Waals surface area contributed by atoms with E-state index in [1.165, 1.54) is 0 Å². The van der Waals surface area contributed by atoms with Crippen molar-refractivity contribution in [1.82, 2.24) is 0 Å². The number of hydrogen-bond donors (Lipinski definition) is 1. The fourth-order valence-corrected chi connectivity index (χ4v) is 1.09. The minimum absolute atomic E-state index is 0.105. The standard InChI is InChI=1S/C9H10OS/c1-7(10)9-4-2-3-8(5-9)6-11/h2-5,11H,6H2,1H3. The van der Waals surface area contributed by atoms with E-state index in [0.29, 0.717) is 5.75 Å². The Morgan fingerprint density at radius 2 is 2.27 bits per heavy atom. The number of benzene rings is 1. The minimum atomic E-state index is 0.105. The van der Waals surface area contributed by atoms with Crippen molar-refractivity contribution in [3.63, 3.8) is 0 Å². The molecule has 0 fully saturated rings. The molecule has 0 bridgehead atoms.